The van der Waals surface area contributed by atoms with Gasteiger partial charge in [0.25, 0.3) is 5.91 Å². The van der Waals surface area contributed by atoms with Crippen molar-refractivity contribution in [2.24, 2.45) is 5.92 Å². The van der Waals surface area contributed by atoms with Crippen molar-refractivity contribution >= 4 is 23.2 Å². The molecular formula is C11H11ClN2O4. The van der Waals surface area contributed by atoms with Crippen molar-refractivity contribution in [1.82, 2.24) is 4.90 Å². The summed E-state index contributed by atoms with van der Waals surface area (Å²) in [6, 6.07) is 4.27. The Balaban J connectivity index is 2.26. The third-order valence-electron chi connectivity index (χ3n) is 2.90. The summed E-state index contributed by atoms with van der Waals surface area (Å²) in [6.45, 7) is 0.847. The van der Waals surface area contributed by atoms with Gasteiger partial charge in [-0.05, 0) is 12.1 Å². The molecule has 1 saturated heterocycles. The molecule has 7 heteroatoms. The fourth-order valence-corrected chi connectivity index (χ4v) is 2.14. The molecule has 1 fully saturated rings. The van der Waals surface area contributed by atoms with E-state index < -0.39 is 10.8 Å². The molecule has 1 aliphatic rings. The maximum absolute atomic E-state index is 12.0. The van der Waals surface area contributed by atoms with E-state index in [1.807, 2.05) is 0 Å². The van der Waals surface area contributed by atoms with Gasteiger partial charge < -0.3 is 10.0 Å². The van der Waals surface area contributed by atoms with Crippen molar-refractivity contribution in [1.29, 1.82) is 0 Å². The van der Waals surface area contributed by atoms with E-state index in [-0.39, 0.29) is 28.8 Å². The Kier molecular flexibility index (Phi) is 3.49. The van der Waals surface area contributed by atoms with Gasteiger partial charge in [-0.3, -0.25) is 14.9 Å². The fourth-order valence-electron chi connectivity index (χ4n) is 1.89. The Morgan fingerprint density at radius 2 is 2.22 bits per heavy atom. The Morgan fingerprint density at radius 3 is 2.78 bits per heavy atom. The lowest BCUT2D eigenvalue weighted by Crippen LogP contribution is -2.51. The molecule has 1 amide bonds. The zero-order valence-corrected chi connectivity index (χ0v) is 10.1. The number of aliphatic hydroxyl groups is 1. The largest absolute Gasteiger partial charge is 0.396 e. The maximum atomic E-state index is 12.0. The number of aliphatic hydroxyl groups excluding tert-OH is 1. The molecule has 18 heavy (non-hydrogen) atoms. The number of benzene rings is 1. The summed E-state index contributed by atoms with van der Waals surface area (Å²) in [7, 11) is 0. The third-order valence-corrected chi connectivity index (χ3v) is 3.21. The predicted molar refractivity (Wildman–Crippen MR) is 64.6 cm³/mol. The first-order valence-electron chi connectivity index (χ1n) is 5.37. The van der Waals surface area contributed by atoms with E-state index in [2.05, 4.69) is 0 Å². The summed E-state index contributed by atoms with van der Waals surface area (Å²) >= 11 is 5.74. The van der Waals surface area contributed by atoms with Crippen molar-refractivity contribution in [3.8, 4) is 0 Å². The monoisotopic (exact) mass is 270 g/mol. The number of carbonyl (C=O) groups is 1. The van der Waals surface area contributed by atoms with E-state index in [1.54, 1.807) is 0 Å². The highest BCUT2D eigenvalue weighted by atomic mass is 35.5. The molecule has 1 aromatic carbocycles. The van der Waals surface area contributed by atoms with Crippen LogP contribution < -0.4 is 0 Å². The number of para-hydroxylation sites is 1. The van der Waals surface area contributed by atoms with E-state index in [1.165, 1.54) is 23.1 Å². The summed E-state index contributed by atoms with van der Waals surface area (Å²) in [5, 5.41) is 19.7. The highest BCUT2D eigenvalue weighted by molar-refractivity contribution is 6.33. The van der Waals surface area contributed by atoms with Gasteiger partial charge in [0.2, 0.25) is 0 Å². The highest BCUT2D eigenvalue weighted by Crippen LogP contribution is 2.30. The van der Waals surface area contributed by atoms with Crippen LogP contribution in [0.3, 0.4) is 0 Å². The van der Waals surface area contributed by atoms with Crippen molar-refractivity contribution in [2.75, 3.05) is 19.7 Å². The quantitative estimate of drug-likeness (QED) is 0.663. The average Bonchev–Trinajstić information content (AvgIpc) is 2.26. The summed E-state index contributed by atoms with van der Waals surface area (Å²) in [5.41, 5.74) is -0.375. The number of hydrogen-bond acceptors (Lipinski definition) is 4. The molecule has 96 valence electrons. The van der Waals surface area contributed by atoms with Gasteiger partial charge in [-0.1, -0.05) is 17.7 Å². The number of nitro benzene ring substituents is 1. The second-order valence-electron chi connectivity index (χ2n) is 4.15. The second-order valence-corrected chi connectivity index (χ2v) is 4.56. The van der Waals surface area contributed by atoms with Crippen LogP contribution in [-0.4, -0.2) is 40.5 Å². The second kappa shape index (κ2) is 4.91. The molecule has 6 nitrogen and oxygen atoms in total. The lowest BCUT2D eigenvalue weighted by molar-refractivity contribution is -0.385. The summed E-state index contributed by atoms with van der Waals surface area (Å²) in [4.78, 5) is 23.8. The molecule has 1 heterocycles. The van der Waals surface area contributed by atoms with Crippen LogP contribution in [-0.2, 0) is 0 Å². The van der Waals surface area contributed by atoms with Gasteiger partial charge >= 0.3 is 5.69 Å². The minimum Gasteiger partial charge on any atom is -0.396 e. The van der Waals surface area contributed by atoms with E-state index >= 15 is 0 Å². The molecule has 0 aliphatic carbocycles. The van der Waals surface area contributed by atoms with Crippen LogP contribution in [0.5, 0.6) is 0 Å². The van der Waals surface area contributed by atoms with E-state index in [0.29, 0.717) is 13.1 Å². The number of carbonyl (C=O) groups excluding carboxylic acids is 1. The van der Waals surface area contributed by atoms with Gasteiger partial charge in [0.15, 0.2) is 0 Å². The molecule has 0 unspecified atom stereocenters. The zero-order chi connectivity index (χ0) is 13.3. The SMILES string of the molecule is O=C(c1cccc(Cl)c1[N+](=O)[O-])N1CC(CO)C1. The van der Waals surface area contributed by atoms with Crippen LogP contribution in [0.4, 0.5) is 5.69 Å². The van der Waals surface area contributed by atoms with Gasteiger partial charge in [-0.2, -0.15) is 0 Å². The topological polar surface area (TPSA) is 83.7 Å². The Hall–Kier alpha value is -1.66. The molecule has 0 saturated carbocycles. The molecule has 0 spiro atoms. The lowest BCUT2D eigenvalue weighted by atomic mass is 9.99. The average molecular weight is 271 g/mol. The fraction of sp³-hybridized carbons (Fsp3) is 0.364. The number of amides is 1. The van der Waals surface area contributed by atoms with E-state index in [0.717, 1.165) is 0 Å². The molecule has 2 rings (SSSR count). The van der Waals surface area contributed by atoms with Crippen molar-refractivity contribution in [3.63, 3.8) is 0 Å². The molecular weight excluding hydrogens is 260 g/mol. The van der Waals surface area contributed by atoms with Crippen LogP contribution in [0.15, 0.2) is 18.2 Å². The third kappa shape index (κ3) is 2.16. The smallest absolute Gasteiger partial charge is 0.300 e. The Labute approximate surface area is 108 Å². The molecule has 1 N–H and O–H groups in total. The molecule has 0 radical (unpaired) electrons. The minimum absolute atomic E-state index is 0.0103. The first-order valence-corrected chi connectivity index (χ1v) is 5.75. The van der Waals surface area contributed by atoms with Gasteiger partial charge in [0, 0.05) is 25.6 Å². The molecule has 0 bridgehead atoms. The lowest BCUT2D eigenvalue weighted by Gasteiger charge is -2.38. The Bertz CT molecular complexity index is 500. The van der Waals surface area contributed by atoms with E-state index in [4.69, 9.17) is 16.7 Å². The number of hydrogen-bond donors (Lipinski definition) is 1. The van der Waals surface area contributed by atoms with E-state index in [9.17, 15) is 14.9 Å². The van der Waals surface area contributed by atoms with Crippen LogP contribution in [0.1, 0.15) is 10.4 Å². The number of rotatable bonds is 3. The van der Waals surface area contributed by atoms with Gasteiger partial charge in [0.1, 0.15) is 10.6 Å². The molecule has 0 aromatic heterocycles. The summed E-state index contributed by atoms with van der Waals surface area (Å²) < 4.78 is 0. The normalized spacial score (nSPS) is 15.3. The van der Waals surface area contributed by atoms with Crippen LogP contribution in [0, 0.1) is 16.0 Å². The molecule has 1 aromatic rings. The zero-order valence-electron chi connectivity index (χ0n) is 9.38. The summed E-state index contributed by atoms with van der Waals surface area (Å²) in [6.07, 6.45) is 0. The first-order chi connectivity index (χ1) is 8.54. The maximum Gasteiger partial charge on any atom is 0.300 e. The molecule has 0 atom stereocenters. The van der Waals surface area contributed by atoms with Gasteiger partial charge in [0.05, 0.1) is 4.92 Å². The standard InChI is InChI=1S/C11H11ClN2O4/c12-9-3-1-2-8(10(9)14(17)18)11(16)13-4-7(5-13)6-15/h1-3,7,15H,4-6H2. The van der Waals surface area contributed by atoms with Gasteiger partial charge in [-0.25, -0.2) is 0 Å². The number of nitrogens with zero attached hydrogens (tertiary/aromatic N) is 2. The predicted octanol–water partition coefficient (Wildman–Crippen LogP) is 1.31. The van der Waals surface area contributed by atoms with Crippen LogP contribution in [0.2, 0.25) is 5.02 Å². The number of nitro groups is 1. The highest BCUT2D eigenvalue weighted by Gasteiger charge is 2.34. The first kappa shape index (κ1) is 12.8. The van der Waals surface area contributed by atoms with Crippen LogP contribution >= 0.6 is 11.6 Å². The number of likely N-dealkylation sites (tertiary alicyclic amines) is 1. The van der Waals surface area contributed by atoms with Crippen molar-refractivity contribution < 1.29 is 14.8 Å². The minimum atomic E-state index is -0.654. The van der Waals surface area contributed by atoms with Crippen molar-refractivity contribution in [2.45, 2.75) is 0 Å². The molecule has 1 aliphatic heterocycles. The van der Waals surface area contributed by atoms with Crippen molar-refractivity contribution in [3.05, 3.63) is 38.9 Å². The summed E-state index contributed by atoms with van der Waals surface area (Å²) in [5.74, 6) is -0.360. The Morgan fingerprint density at radius 1 is 1.56 bits per heavy atom. The van der Waals surface area contributed by atoms with Crippen LogP contribution in [0.25, 0.3) is 0 Å². The number of halogens is 1. The van der Waals surface area contributed by atoms with Gasteiger partial charge in [-0.15, -0.1) is 0 Å².